The van der Waals surface area contributed by atoms with Crippen LogP contribution in [0.2, 0.25) is 0 Å². The number of aromatic nitrogens is 5. The number of hydrogen-bond acceptors (Lipinski definition) is 5. The van der Waals surface area contributed by atoms with E-state index in [1.165, 1.54) is 12.8 Å². The summed E-state index contributed by atoms with van der Waals surface area (Å²) in [4.78, 5) is 15.0. The fraction of sp³-hybridized carbons (Fsp3) is 0.219. The summed E-state index contributed by atoms with van der Waals surface area (Å²) in [6.07, 6.45) is 7.95. The van der Waals surface area contributed by atoms with Gasteiger partial charge < -0.3 is 9.72 Å². The zero-order valence-corrected chi connectivity index (χ0v) is 22.2. The number of pyridine rings is 2. The monoisotopic (exact) mass is 532 g/mol. The number of nitrogens with zero attached hydrogens (tertiary/aromatic N) is 4. The molecule has 0 bridgehead atoms. The first-order valence-electron chi connectivity index (χ1n) is 13.7. The predicted octanol–water partition coefficient (Wildman–Crippen LogP) is 6.76. The molecular formula is C32H29FN6O. The summed E-state index contributed by atoms with van der Waals surface area (Å²) in [5.74, 6) is 0.509. The molecule has 1 saturated heterocycles. The molecule has 40 heavy (non-hydrogen) atoms. The Hall–Kier alpha value is -4.56. The van der Waals surface area contributed by atoms with Crippen LogP contribution in [0.1, 0.15) is 18.4 Å². The maximum absolute atomic E-state index is 14.2. The SMILES string of the molecule is Cc1cc(F)cc(-c2cccc3[nH]c(-c4n[nH]c5ncc(-c6cncc(OCCN7CCCC7)c6)cc45)cc23)c1. The van der Waals surface area contributed by atoms with Gasteiger partial charge in [-0.2, -0.15) is 5.10 Å². The molecule has 4 aromatic heterocycles. The number of ether oxygens (including phenoxy) is 1. The van der Waals surface area contributed by atoms with Gasteiger partial charge in [0.1, 0.15) is 23.9 Å². The van der Waals surface area contributed by atoms with Crippen LogP contribution in [-0.2, 0) is 0 Å². The summed E-state index contributed by atoms with van der Waals surface area (Å²) < 4.78 is 20.2. The smallest absolute Gasteiger partial charge is 0.155 e. The minimum Gasteiger partial charge on any atom is -0.491 e. The van der Waals surface area contributed by atoms with Crippen LogP contribution in [0.3, 0.4) is 0 Å². The number of aromatic amines is 2. The quantitative estimate of drug-likeness (QED) is 0.237. The maximum Gasteiger partial charge on any atom is 0.155 e. The lowest BCUT2D eigenvalue weighted by atomic mass is 9.99. The number of rotatable bonds is 7. The zero-order chi connectivity index (χ0) is 27.1. The van der Waals surface area contributed by atoms with Crippen LogP contribution < -0.4 is 4.74 Å². The van der Waals surface area contributed by atoms with Crippen LogP contribution >= 0.6 is 0 Å². The standard InChI is InChI=1S/C32H29FN6O/c1-20-11-21(13-24(33)12-20)26-5-4-6-29-27(26)16-30(36-29)31-28-15-23(18-35-32(28)38-37-31)22-14-25(19-34-17-22)40-10-9-39-7-2-3-8-39/h4-6,11-19,36H,2-3,7-10H2,1H3,(H,35,37,38). The van der Waals surface area contributed by atoms with Crippen molar-refractivity contribution in [2.75, 3.05) is 26.2 Å². The molecule has 7 nitrogen and oxygen atoms in total. The van der Waals surface area contributed by atoms with Crippen molar-refractivity contribution >= 4 is 21.9 Å². The van der Waals surface area contributed by atoms with Gasteiger partial charge in [0.15, 0.2) is 5.65 Å². The van der Waals surface area contributed by atoms with Gasteiger partial charge in [-0.05, 0) is 85.9 Å². The van der Waals surface area contributed by atoms with Crippen molar-refractivity contribution < 1.29 is 9.13 Å². The highest BCUT2D eigenvalue weighted by Gasteiger charge is 2.16. The Kier molecular flexibility index (Phi) is 6.24. The van der Waals surface area contributed by atoms with Gasteiger partial charge in [0.25, 0.3) is 0 Å². The number of benzene rings is 2. The van der Waals surface area contributed by atoms with E-state index < -0.39 is 0 Å². The number of aryl methyl sites for hydroxylation is 1. The van der Waals surface area contributed by atoms with Crippen molar-refractivity contribution in [2.45, 2.75) is 19.8 Å². The largest absolute Gasteiger partial charge is 0.491 e. The van der Waals surface area contributed by atoms with E-state index in [0.717, 1.165) is 80.9 Å². The van der Waals surface area contributed by atoms with Crippen molar-refractivity contribution in [3.8, 4) is 39.4 Å². The first kappa shape index (κ1) is 24.5. The van der Waals surface area contributed by atoms with Gasteiger partial charge in [-0.3, -0.25) is 15.0 Å². The van der Waals surface area contributed by atoms with Crippen molar-refractivity contribution in [2.24, 2.45) is 0 Å². The van der Waals surface area contributed by atoms with E-state index in [9.17, 15) is 4.39 Å². The molecule has 0 atom stereocenters. The third-order valence-corrected chi connectivity index (χ3v) is 7.61. The molecule has 1 aliphatic rings. The second-order valence-corrected chi connectivity index (χ2v) is 10.5. The summed E-state index contributed by atoms with van der Waals surface area (Å²) in [5.41, 5.74) is 7.84. The highest BCUT2D eigenvalue weighted by atomic mass is 19.1. The minimum absolute atomic E-state index is 0.241. The van der Waals surface area contributed by atoms with Gasteiger partial charge in [-0.15, -0.1) is 0 Å². The fourth-order valence-corrected chi connectivity index (χ4v) is 5.65. The van der Waals surface area contributed by atoms with Gasteiger partial charge >= 0.3 is 0 Å². The summed E-state index contributed by atoms with van der Waals surface area (Å²) in [6, 6.07) is 17.3. The Labute approximate surface area is 231 Å². The van der Waals surface area contributed by atoms with Crippen LogP contribution in [0.5, 0.6) is 5.75 Å². The van der Waals surface area contributed by atoms with E-state index >= 15 is 0 Å². The Morgan fingerprint density at radius 3 is 2.67 bits per heavy atom. The van der Waals surface area contributed by atoms with Crippen LogP contribution in [0.25, 0.3) is 55.6 Å². The molecule has 2 aromatic carbocycles. The third-order valence-electron chi connectivity index (χ3n) is 7.61. The topological polar surface area (TPSA) is 82.7 Å². The molecule has 0 amide bonds. The van der Waals surface area contributed by atoms with E-state index in [1.54, 1.807) is 18.3 Å². The Balaban J connectivity index is 1.21. The van der Waals surface area contributed by atoms with Crippen molar-refractivity contribution in [3.63, 3.8) is 0 Å². The van der Waals surface area contributed by atoms with E-state index in [4.69, 9.17) is 4.74 Å². The maximum atomic E-state index is 14.2. The van der Waals surface area contributed by atoms with Crippen LogP contribution in [-0.4, -0.2) is 56.3 Å². The molecule has 7 rings (SSSR count). The summed E-state index contributed by atoms with van der Waals surface area (Å²) in [5, 5.41) is 9.56. The van der Waals surface area contributed by atoms with Crippen molar-refractivity contribution in [3.05, 3.63) is 84.6 Å². The molecule has 0 aliphatic carbocycles. The molecule has 0 saturated carbocycles. The minimum atomic E-state index is -0.241. The number of H-pyrrole nitrogens is 2. The lowest BCUT2D eigenvalue weighted by molar-refractivity contribution is 0.237. The second kappa shape index (κ2) is 10.2. The summed E-state index contributed by atoms with van der Waals surface area (Å²) in [6.45, 7) is 5.79. The van der Waals surface area contributed by atoms with Crippen LogP contribution in [0.4, 0.5) is 4.39 Å². The summed E-state index contributed by atoms with van der Waals surface area (Å²) >= 11 is 0. The molecule has 5 heterocycles. The van der Waals surface area contributed by atoms with Crippen LogP contribution in [0, 0.1) is 12.7 Å². The molecule has 0 unspecified atom stereocenters. The number of nitrogens with one attached hydrogen (secondary N) is 2. The highest BCUT2D eigenvalue weighted by molar-refractivity contribution is 6.01. The first-order chi connectivity index (χ1) is 19.6. The molecule has 0 spiro atoms. The third kappa shape index (κ3) is 4.71. The molecule has 8 heteroatoms. The molecule has 1 aliphatic heterocycles. The Morgan fingerprint density at radius 1 is 0.925 bits per heavy atom. The van der Waals surface area contributed by atoms with Gasteiger partial charge in [0.05, 0.1) is 11.9 Å². The molecular weight excluding hydrogens is 503 g/mol. The molecule has 0 radical (unpaired) electrons. The van der Waals surface area contributed by atoms with Crippen molar-refractivity contribution in [1.29, 1.82) is 0 Å². The Bertz CT molecular complexity index is 1810. The molecule has 200 valence electrons. The average molecular weight is 533 g/mol. The molecule has 1 fully saturated rings. The molecule has 6 aromatic rings. The average Bonchev–Trinajstić information content (AvgIpc) is 3.71. The van der Waals surface area contributed by atoms with Gasteiger partial charge in [0, 0.05) is 46.4 Å². The number of halogens is 1. The van der Waals surface area contributed by atoms with Crippen molar-refractivity contribution in [1.82, 2.24) is 30.0 Å². The van der Waals surface area contributed by atoms with Gasteiger partial charge in [-0.25, -0.2) is 9.37 Å². The van der Waals surface area contributed by atoms with E-state index in [0.29, 0.717) is 12.3 Å². The molecule has 2 N–H and O–H groups in total. The highest BCUT2D eigenvalue weighted by Crippen LogP contribution is 2.35. The number of likely N-dealkylation sites (tertiary alicyclic amines) is 1. The van der Waals surface area contributed by atoms with E-state index in [1.807, 2.05) is 49.6 Å². The lowest BCUT2D eigenvalue weighted by Gasteiger charge is -2.15. The first-order valence-corrected chi connectivity index (χ1v) is 13.7. The fourth-order valence-electron chi connectivity index (χ4n) is 5.65. The van der Waals surface area contributed by atoms with Gasteiger partial charge in [0.2, 0.25) is 0 Å². The second-order valence-electron chi connectivity index (χ2n) is 10.5. The number of fused-ring (bicyclic) bond motifs is 2. The number of hydrogen-bond donors (Lipinski definition) is 2. The van der Waals surface area contributed by atoms with E-state index in [2.05, 4.69) is 42.2 Å². The Morgan fingerprint density at radius 2 is 1.80 bits per heavy atom. The van der Waals surface area contributed by atoms with E-state index in [-0.39, 0.29) is 5.82 Å². The summed E-state index contributed by atoms with van der Waals surface area (Å²) in [7, 11) is 0. The predicted molar refractivity (Wildman–Crippen MR) is 156 cm³/mol. The lowest BCUT2D eigenvalue weighted by Crippen LogP contribution is -2.25. The normalized spacial score (nSPS) is 13.9. The zero-order valence-electron chi connectivity index (χ0n) is 22.2. The van der Waals surface area contributed by atoms with Gasteiger partial charge in [-0.1, -0.05) is 18.2 Å². The van der Waals surface area contributed by atoms with Crippen LogP contribution in [0.15, 0.2) is 73.2 Å².